The third kappa shape index (κ3) is 7.41. The summed E-state index contributed by atoms with van der Waals surface area (Å²) < 4.78 is 26.2. The fourth-order valence-electron chi connectivity index (χ4n) is 3.57. The molecule has 0 fully saturated rings. The number of ketones is 1. The number of benzene rings is 2. The van der Waals surface area contributed by atoms with Crippen molar-refractivity contribution >= 4 is 33.3 Å². The van der Waals surface area contributed by atoms with Gasteiger partial charge in [-0.1, -0.05) is 49.4 Å². The van der Waals surface area contributed by atoms with Crippen molar-refractivity contribution in [3.8, 4) is 0 Å². The van der Waals surface area contributed by atoms with Crippen molar-refractivity contribution in [2.45, 2.75) is 52.7 Å². The van der Waals surface area contributed by atoms with Gasteiger partial charge in [0.2, 0.25) is 21.8 Å². The van der Waals surface area contributed by atoms with E-state index in [-0.39, 0.29) is 30.0 Å². The molecule has 9 heteroatoms. The number of nitrogens with zero attached hydrogens (tertiary/aromatic N) is 2. The largest absolute Gasteiger partial charge is 0.352 e. The number of sulfonamides is 1. The van der Waals surface area contributed by atoms with Crippen LogP contribution in [0.1, 0.15) is 50.0 Å². The second-order valence-corrected chi connectivity index (χ2v) is 10.4. The molecule has 2 aromatic carbocycles. The zero-order valence-electron chi connectivity index (χ0n) is 20.3. The van der Waals surface area contributed by atoms with Crippen LogP contribution in [0.2, 0.25) is 0 Å². The average molecular weight is 488 g/mol. The fourth-order valence-corrected chi connectivity index (χ4v) is 4.42. The van der Waals surface area contributed by atoms with E-state index in [1.165, 1.54) is 24.0 Å². The Hall–Kier alpha value is -3.20. The number of Topliss-reactive ketones (excluding diaryl/α,β-unsaturated/α-hetero) is 1. The third-order valence-corrected chi connectivity index (χ3v) is 6.37. The van der Waals surface area contributed by atoms with Gasteiger partial charge in [-0.25, -0.2) is 8.42 Å². The number of amides is 2. The molecule has 2 aromatic rings. The molecule has 8 nitrogen and oxygen atoms in total. The first-order valence-corrected chi connectivity index (χ1v) is 13.0. The summed E-state index contributed by atoms with van der Waals surface area (Å²) >= 11 is 0. The molecular weight excluding hydrogens is 454 g/mol. The minimum absolute atomic E-state index is 0.114. The molecule has 0 heterocycles. The molecule has 1 N–H and O–H groups in total. The van der Waals surface area contributed by atoms with Gasteiger partial charge in [0, 0.05) is 18.2 Å². The van der Waals surface area contributed by atoms with E-state index in [1.807, 2.05) is 44.2 Å². The van der Waals surface area contributed by atoms with Crippen LogP contribution < -0.4 is 9.62 Å². The van der Waals surface area contributed by atoms with Crippen LogP contribution in [-0.4, -0.2) is 55.8 Å². The number of carbonyl (C=O) groups is 3. The Balaban J connectivity index is 2.45. The summed E-state index contributed by atoms with van der Waals surface area (Å²) in [5, 5.41) is 2.85. The van der Waals surface area contributed by atoms with Crippen LogP contribution in [0.25, 0.3) is 0 Å². The van der Waals surface area contributed by atoms with Crippen LogP contribution in [0.15, 0.2) is 54.6 Å². The molecule has 184 valence electrons. The lowest BCUT2D eigenvalue weighted by Gasteiger charge is -2.33. The van der Waals surface area contributed by atoms with Gasteiger partial charge in [0.05, 0.1) is 11.9 Å². The number of carbonyl (C=O) groups excluding carboxylic acids is 3. The number of hydrogen-bond acceptors (Lipinski definition) is 5. The minimum atomic E-state index is -3.86. The highest BCUT2D eigenvalue weighted by atomic mass is 32.2. The summed E-state index contributed by atoms with van der Waals surface area (Å²) in [6.07, 6.45) is 1.36. The summed E-state index contributed by atoms with van der Waals surface area (Å²) in [7, 11) is -3.86. The summed E-state index contributed by atoms with van der Waals surface area (Å²) in [5.41, 5.74) is 1.36. The second-order valence-electron chi connectivity index (χ2n) is 8.47. The minimum Gasteiger partial charge on any atom is -0.352 e. The molecule has 0 aliphatic carbocycles. The number of nitrogens with one attached hydrogen (secondary N) is 1. The number of hydrogen-bond donors (Lipinski definition) is 1. The molecule has 0 saturated heterocycles. The highest BCUT2D eigenvalue weighted by Gasteiger charge is 2.32. The Morgan fingerprint density at radius 2 is 1.65 bits per heavy atom. The van der Waals surface area contributed by atoms with E-state index < -0.39 is 28.5 Å². The molecule has 0 saturated carbocycles. The molecule has 0 aromatic heterocycles. The Kier molecular flexibility index (Phi) is 9.37. The van der Waals surface area contributed by atoms with Gasteiger partial charge in [-0.05, 0) is 44.9 Å². The second kappa shape index (κ2) is 11.8. The van der Waals surface area contributed by atoms with Crippen molar-refractivity contribution in [2.75, 3.05) is 17.1 Å². The zero-order valence-corrected chi connectivity index (χ0v) is 21.1. The lowest BCUT2D eigenvalue weighted by atomic mass is 10.1. The van der Waals surface area contributed by atoms with E-state index in [0.717, 1.165) is 16.1 Å². The maximum atomic E-state index is 13.6. The zero-order chi connectivity index (χ0) is 25.5. The third-order valence-electron chi connectivity index (χ3n) is 5.23. The van der Waals surface area contributed by atoms with E-state index in [9.17, 15) is 22.8 Å². The lowest BCUT2D eigenvalue weighted by molar-refractivity contribution is -0.140. The Bertz CT molecular complexity index is 1120. The van der Waals surface area contributed by atoms with E-state index in [0.29, 0.717) is 12.0 Å². The smallest absolute Gasteiger partial charge is 0.244 e. The van der Waals surface area contributed by atoms with Crippen LogP contribution >= 0.6 is 0 Å². The molecule has 34 heavy (non-hydrogen) atoms. The standard InChI is InChI=1S/C25H33N3O5S/c1-6-23(25(31)26-18(2)3)27(16-20-11-8-7-9-12-20)24(30)17-28(34(5,32)33)22-14-10-13-21(15-22)19(4)29/h7-15,18,23H,6,16-17H2,1-5H3,(H,26,31). The van der Waals surface area contributed by atoms with Crippen LogP contribution in [0.4, 0.5) is 5.69 Å². The Labute approximate surface area is 202 Å². The SMILES string of the molecule is CCC(C(=O)NC(C)C)N(Cc1ccccc1)C(=O)CN(c1cccc(C(C)=O)c1)S(C)(=O)=O. The predicted octanol–water partition coefficient (Wildman–Crippen LogP) is 2.99. The summed E-state index contributed by atoms with van der Waals surface area (Å²) in [5.74, 6) is -1.04. The normalized spacial score (nSPS) is 12.2. The Morgan fingerprint density at radius 1 is 1.00 bits per heavy atom. The summed E-state index contributed by atoms with van der Waals surface area (Å²) in [6.45, 7) is 6.51. The van der Waals surface area contributed by atoms with Crippen molar-refractivity contribution < 1.29 is 22.8 Å². The first kappa shape index (κ1) is 27.0. The highest BCUT2D eigenvalue weighted by molar-refractivity contribution is 7.92. The number of rotatable bonds is 11. The molecule has 2 amide bonds. The fraction of sp³-hybridized carbons (Fsp3) is 0.400. The van der Waals surface area contributed by atoms with Gasteiger partial charge in [0.1, 0.15) is 12.6 Å². The molecule has 0 spiro atoms. The van der Waals surface area contributed by atoms with Gasteiger partial charge < -0.3 is 10.2 Å². The average Bonchev–Trinajstić information content (AvgIpc) is 2.76. The first-order chi connectivity index (χ1) is 15.9. The van der Waals surface area contributed by atoms with Crippen LogP contribution in [0.5, 0.6) is 0 Å². The molecular formula is C25H33N3O5S. The van der Waals surface area contributed by atoms with Gasteiger partial charge >= 0.3 is 0 Å². The Morgan fingerprint density at radius 3 is 2.18 bits per heavy atom. The van der Waals surface area contributed by atoms with Crippen LogP contribution in [-0.2, 0) is 26.2 Å². The molecule has 1 unspecified atom stereocenters. The van der Waals surface area contributed by atoms with E-state index in [2.05, 4.69) is 5.32 Å². The molecule has 0 aliphatic rings. The summed E-state index contributed by atoms with van der Waals surface area (Å²) in [6, 6.07) is 14.5. The lowest BCUT2D eigenvalue weighted by Crippen LogP contribution is -2.53. The monoisotopic (exact) mass is 487 g/mol. The molecule has 1 atom stereocenters. The highest BCUT2D eigenvalue weighted by Crippen LogP contribution is 2.21. The van der Waals surface area contributed by atoms with Crippen LogP contribution in [0, 0.1) is 0 Å². The van der Waals surface area contributed by atoms with Crippen molar-refractivity contribution in [2.24, 2.45) is 0 Å². The van der Waals surface area contributed by atoms with E-state index in [4.69, 9.17) is 0 Å². The van der Waals surface area contributed by atoms with E-state index in [1.54, 1.807) is 19.1 Å². The molecule has 0 radical (unpaired) electrons. The molecule has 0 aliphatic heterocycles. The van der Waals surface area contributed by atoms with Gasteiger partial charge in [-0.3, -0.25) is 18.7 Å². The van der Waals surface area contributed by atoms with Gasteiger partial charge in [0.25, 0.3) is 0 Å². The number of anilines is 1. The van der Waals surface area contributed by atoms with Crippen molar-refractivity contribution in [3.63, 3.8) is 0 Å². The topological polar surface area (TPSA) is 104 Å². The van der Waals surface area contributed by atoms with Crippen molar-refractivity contribution in [3.05, 3.63) is 65.7 Å². The van der Waals surface area contributed by atoms with Crippen molar-refractivity contribution in [1.82, 2.24) is 10.2 Å². The molecule has 0 bridgehead atoms. The quantitative estimate of drug-likeness (QED) is 0.491. The summed E-state index contributed by atoms with van der Waals surface area (Å²) in [4.78, 5) is 39.7. The van der Waals surface area contributed by atoms with Gasteiger partial charge in [-0.15, -0.1) is 0 Å². The molecule has 2 rings (SSSR count). The predicted molar refractivity (Wildman–Crippen MR) is 133 cm³/mol. The van der Waals surface area contributed by atoms with Gasteiger partial charge in [0.15, 0.2) is 5.78 Å². The van der Waals surface area contributed by atoms with E-state index >= 15 is 0 Å². The maximum Gasteiger partial charge on any atom is 0.244 e. The van der Waals surface area contributed by atoms with Gasteiger partial charge in [-0.2, -0.15) is 0 Å². The van der Waals surface area contributed by atoms with Crippen LogP contribution in [0.3, 0.4) is 0 Å². The maximum absolute atomic E-state index is 13.6. The van der Waals surface area contributed by atoms with Crippen molar-refractivity contribution in [1.29, 1.82) is 0 Å². The first-order valence-electron chi connectivity index (χ1n) is 11.2.